The van der Waals surface area contributed by atoms with Gasteiger partial charge in [0.15, 0.2) is 5.78 Å². The largest absolute Gasteiger partial charge is 0.489 e. The fourth-order valence-corrected chi connectivity index (χ4v) is 5.37. The van der Waals surface area contributed by atoms with E-state index in [0.717, 1.165) is 23.3 Å². The van der Waals surface area contributed by atoms with Gasteiger partial charge in [-0.05, 0) is 86.4 Å². The van der Waals surface area contributed by atoms with Crippen molar-refractivity contribution in [2.24, 2.45) is 11.8 Å². The number of benzene rings is 3. The summed E-state index contributed by atoms with van der Waals surface area (Å²) in [7, 11) is 2.03. The minimum Gasteiger partial charge on any atom is -0.489 e. The van der Waals surface area contributed by atoms with Crippen LogP contribution in [0.4, 0.5) is 0 Å². The highest BCUT2D eigenvalue weighted by molar-refractivity contribution is 5.90. The van der Waals surface area contributed by atoms with Gasteiger partial charge in [0.25, 0.3) is 0 Å². The maximum absolute atomic E-state index is 14.0. The molecule has 0 heterocycles. The van der Waals surface area contributed by atoms with Crippen LogP contribution in [0.1, 0.15) is 90.5 Å². The molecule has 3 aromatic carbocycles. The van der Waals surface area contributed by atoms with Crippen molar-refractivity contribution in [2.75, 3.05) is 7.05 Å². The van der Waals surface area contributed by atoms with Crippen LogP contribution < -0.4 is 10.1 Å². The summed E-state index contributed by atoms with van der Waals surface area (Å²) in [6.07, 6.45) is 1.42. The van der Waals surface area contributed by atoms with Crippen molar-refractivity contribution in [3.63, 3.8) is 0 Å². The highest BCUT2D eigenvalue weighted by Crippen LogP contribution is 2.25. The lowest BCUT2D eigenvalue weighted by atomic mass is 9.86. The zero-order valence-electron chi connectivity index (χ0n) is 28.4. The number of Topliss-reactive ketones (excluding diaryl/α,β-unsaturated/α-hetero) is 1. The number of rotatable bonds is 14. The molecule has 0 aliphatic rings. The Morgan fingerprint density at radius 3 is 1.93 bits per heavy atom. The maximum Gasteiger partial charge on any atom is 0.224 e. The van der Waals surface area contributed by atoms with Gasteiger partial charge in [-0.2, -0.15) is 0 Å². The predicted octanol–water partition coefficient (Wildman–Crippen LogP) is 8.14. The van der Waals surface area contributed by atoms with Gasteiger partial charge >= 0.3 is 0 Å². The molecule has 5 heteroatoms. The van der Waals surface area contributed by atoms with E-state index in [4.69, 9.17) is 4.74 Å². The zero-order valence-corrected chi connectivity index (χ0v) is 28.4. The monoisotopic (exact) mass is 598 g/mol. The van der Waals surface area contributed by atoms with Crippen LogP contribution in [-0.4, -0.2) is 35.2 Å². The molecule has 0 bridgehead atoms. The fourth-order valence-electron chi connectivity index (χ4n) is 5.37. The minimum absolute atomic E-state index is 0.0843. The molecular formula is C39H54N2O3. The molecule has 44 heavy (non-hydrogen) atoms. The summed E-state index contributed by atoms with van der Waals surface area (Å²) in [5, 5.41) is 3.13. The average Bonchev–Trinajstić information content (AvgIpc) is 2.94. The number of carbonyl (C=O) groups is 2. The summed E-state index contributed by atoms with van der Waals surface area (Å²) < 4.78 is 5.96. The van der Waals surface area contributed by atoms with Crippen molar-refractivity contribution >= 4 is 11.7 Å². The molecule has 0 unspecified atom stereocenters. The zero-order chi connectivity index (χ0) is 32.5. The van der Waals surface area contributed by atoms with E-state index in [0.29, 0.717) is 25.5 Å². The summed E-state index contributed by atoms with van der Waals surface area (Å²) in [6, 6.07) is 26.4. The van der Waals surface area contributed by atoms with Crippen molar-refractivity contribution in [1.29, 1.82) is 0 Å². The minimum atomic E-state index is -0.466. The number of carbonyl (C=O) groups excluding carboxylic acids is 2. The molecule has 2 atom stereocenters. The molecular weight excluding hydrogens is 544 g/mol. The quantitative estimate of drug-likeness (QED) is 0.204. The van der Waals surface area contributed by atoms with Crippen LogP contribution in [0.3, 0.4) is 0 Å². The van der Waals surface area contributed by atoms with E-state index in [1.54, 1.807) is 0 Å². The first-order valence-electron chi connectivity index (χ1n) is 16.0. The molecule has 0 spiro atoms. The standard InChI is InChI=1S/C39H54N2O3/c1-28(2)23-35(41(9)26-30-15-19-33(20-16-30)38(3,4)5)36(42)25-32(37(43)40-39(6,7)8)24-29-17-21-34(22-18-29)44-27-31-13-11-10-12-14-31/h10-22,28,32,35H,23-27H2,1-9H3,(H,40,43)/t32-,35+/m1/s1. The summed E-state index contributed by atoms with van der Waals surface area (Å²) in [5.74, 6) is 0.689. The Morgan fingerprint density at radius 2 is 1.39 bits per heavy atom. The van der Waals surface area contributed by atoms with Gasteiger partial charge in [0, 0.05) is 24.4 Å². The third-order valence-electron chi connectivity index (χ3n) is 7.82. The highest BCUT2D eigenvalue weighted by Gasteiger charge is 2.31. The molecule has 0 saturated carbocycles. The molecule has 1 amide bonds. The Morgan fingerprint density at radius 1 is 0.795 bits per heavy atom. The molecule has 0 saturated heterocycles. The lowest BCUT2D eigenvalue weighted by molar-refractivity contribution is -0.132. The Hall–Kier alpha value is -3.44. The summed E-state index contributed by atoms with van der Waals surface area (Å²) >= 11 is 0. The van der Waals surface area contributed by atoms with Gasteiger partial charge < -0.3 is 10.1 Å². The molecule has 3 rings (SSSR count). The number of hydrogen-bond donors (Lipinski definition) is 1. The number of nitrogens with zero attached hydrogens (tertiary/aromatic N) is 1. The van der Waals surface area contributed by atoms with Gasteiger partial charge in [-0.25, -0.2) is 0 Å². The normalized spacial score (nSPS) is 13.5. The van der Waals surface area contributed by atoms with Gasteiger partial charge in [0.2, 0.25) is 5.91 Å². The van der Waals surface area contributed by atoms with Crippen LogP contribution in [0.15, 0.2) is 78.9 Å². The van der Waals surface area contributed by atoms with Crippen LogP contribution >= 0.6 is 0 Å². The van der Waals surface area contributed by atoms with E-state index in [1.165, 1.54) is 11.1 Å². The highest BCUT2D eigenvalue weighted by atomic mass is 16.5. The molecule has 0 aliphatic heterocycles. The maximum atomic E-state index is 14.0. The predicted molar refractivity (Wildman–Crippen MR) is 182 cm³/mol. The second-order valence-corrected chi connectivity index (χ2v) is 14.7. The Kier molecular flexibility index (Phi) is 12.4. The number of likely N-dealkylation sites (N-methyl/N-ethyl adjacent to an activating group) is 1. The summed E-state index contributed by atoms with van der Waals surface area (Å²) in [5.41, 5.74) is 4.30. The fraction of sp³-hybridized carbons (Fsp3) is 0.487. The van der Waals surface area contributed by atoms with Gasteiger partial charge in [0.05, 0.1) is 6.04 Å². The van der Waals surface area contributed by atoms with Crippen molar-refractivity contribution < 1.29 is 14.3 Å². The molecule has 0 aliphatic carbocycles. The van der Waals surface area contributed by atoms with E-state index >= 15 is 0 Å². The molecule has 0 aromatic heterocycles. The molecule has 1 N–H and O–H groups in total. The van der Waals surface area contributed by atoms with Crippen molar-refractivity contribution in [1.82, 2.24) is 10.2 Å². The van der Waals surface area contributed by atoms with Gasteiger partial charge in [-0.3, -0.25) is 14.5 Å². The molecule has 0 fully saturated rings. The smallest absolute Gasteiger partial charge is 0.224 e. The van der Waals surface area contributed by atoms with Gasteiger partial charge in [-0.1, -0.05) is 101 Å². The van der Waals surface area contributed by atoms with E-state index in [2.05, 4.69) is 69.1 Å². The van der Waals surface area contributed by atoms with Crippen LogP contribution in [0.5, 0.6) is 5.75 Å². The summed E-state index contributed by atoms with van der Waals surface area (Å²) in [4.78, 5) is 29.7. The topological polar surface area (TPSA) is 58.6 Å². The summed E-state index contributed by atoms with van der Waals surface area (Å²) in [6.45, 7) is 18.0. The van der Waals surface area contributed by atoms with Crippen LogP contribution in [0, 0.1) is 11.8 Å². The third kappa shape index (κ3) is 11.6. The first-order chi connectivity index (χ1) is 20.6. The van der Waals surface area contributed by atoms with E-state index < -0.39 is 5.92 Å². The lowest BCUT2D eigenvalue weighted by Crippen LogP contribution is -2.46. The Bertz CT molecular complexity index is 1320. The van der Waals surface area contributed by atoms with Crippen molar-refractivity contribution in [3.05, 3.63) is 101 Å². The van der Waals surface area contributed by atoms with Crippen LogP contribution in [0.25, 0.3) is 0 Å². The number of ketones is 1. The number of ether oxygens (including phenoxy) is 1. The van der Waals surface area contributed by atoms with E-state index in [1.807, 2.05) is 82.4 Å². The Balaban J connectivity index is 1.74. The molecule has 5 nitrogen and oxygen atoms in total. The van der Waals surface area contributed by atoms with Gasteiger partial charge in [0.1, 0.15) is 12.4 Å². The van der Waals surface area contributed by atoms with Gasteiger partial charge in [-0.15, -0.1) is 0 Å². The number of nitrogens with one attached hydrogen (secondary N) is 1. The number of hydrogen-bond acceptors (Lipinski definition) is 4. The first kappa shape index (κ1) is 35.0. The second kappa shape index (κ2) is 15.5. The first-order valence-corrected chi connectivity index (χ1v) is 16.0. The second-order valence-electron chi connectivity index (χ2n) is 14.7. The average molecular weight is 599 g/mol. The third-order valence-corrected chi connectivity index (χ3v) is 7.82. The lowest BCUT2D eigenvalue weighted by Gasteiger charge is -2.31. The van der Waals surface area contributed by atoms with Crippen molar-refractivity contribution in [3.8, 4) is 5.75 Å². The van der Waals surface area contributed by atoms with E-state index in [9.17, 15) is 9.59 Å². The van der Waals surface area contributed by atoms with Crippen LogP contribution in [0.2, 0.25) is 0 Å². The molecule has 238 valence electrons. The molecule has 0 radical (unpaired) electrons. The van der Waals surface area contributed by atoms with E-state index in [-0.39, 0.29) is 35.1 Å². The SMILES string of the molecule is CC(C)C[C@@H](C(=O)C[C@@H](Cc1ccc(OCc2ccccc2)cc1)C(=O)NC(C)(C)C)N(C)Cc1ccc(C(C)(C)C)cc1. The Labute approximate surface area is 266 Å². The van der Waals surface area contributed by atoms with Crippen LogP contribution in [-0.2, 0) is 34.6 Å². The number of amides is 1. The molecule has 3 aromatic rings. The van der Waals surface area contributed by atoms with Crippen molar-refractivity contribution in [2.45, 2.75) is 105 Å².